The molecule has 5 heteroatoms. The van der Waals surface area contributed by atoms with E-state index in [1.807, 2.05) is 37.4 Å². The van der Waals surface area contributed by atoms with E-state index in [0.29, 0.717) is 6.42 Å². The Hall–Kier alpha value is -1.62. The molecule has 1 atom stereocenters. The summed E-state index contributed by atoms with van der Waals surface area (Å²) in [6, 6.07) is 7.62. The molecule has 0 saturated carbocycles. The first kappa shape index (κ1) is 14.8. The van der Waals surface area contributed by atoms with Gasteiger partial charge in [0.2, 0.25) is 5.91 Å². The molecule has 0 spiro atoms. The third-order valence-corrected chi connectivity index (χ3v) is 3.62. The number of aromatic nitrogens is 2. The van der Waals surface area contributed by atoms with Gasteiger partial charge in [-0.3, -0.25) is 9.48 Å². The highest BCUT2D eigenvalue weighted by Gasteiger charge is 2.19. The highest BCUT2D eigenvalue weighted by atomic mass is 79.9. The lowest BCUT2D eigenvalue weighted by atomic mass is 10.1. The number of benzene rings is 1. The Balaban J connectivity index is 2.08. The number of anilines is 1. The van der Waals surface area contributed by atoms with Gasteiger partial charge in [0.1, 0.15) is 6.04 Å². The lowest BCUT2D eigenvalue weighted by molar-refractivity contribution is -0.119. The molecule has 0 aliphatic heterocycles. The number of carbonyl (C=O) groups excluding carboxylic acids is 1. The predicted octanol–water partition coefficient (Wildman–Crippen LogP) is 3.80. The van der Waals surface area contributed by atoms with Crippen LogP contribution in [-0.2, 0) is 11.2 Å². The van der Waals surface area contributed by atoms with Crippen molar-refractivity contribution in [3.8, 4) is 0 Å². The molecule has 0 bridgehead atoms. The smallest absolute Gasteiger partial charge is 0.249 e. The number of nitrogens with zero attached hydrogens (tertiary/aromatic N) is 2. The molecule has 1 aromatic heterocycles. The molecule has 0 radical (unpaired) electrons. The minimum atomic E-state index is -0.299. The molecule has 1 amide bonds. The molecule has 0 aliphatic carbocycles. The van der Waals surface area contributed by atoms with Crippen LogP contribution in [-0.4, -0.2) is 15.7 Å². The maximum atomic E-state index is 12.3. The summed E-state index contributed by atoms with van der Waals surface area (Å²) in [4.78, 5) is 12.3. The summed E-state index contributed by atoms with van der Waals surface area (Å²) in [6.07, 6.45) is 5.18. The van der Waals surface area contributed by atoms with E-state index in [-0.39, 0.29) is 11.9 Å². The van der Waals surface area contributed by atoms with Crippen LogP contribution in [0.3, 0.4) is 0 Å². The Labute approximate surface area is 127 Å². The van der Waals surface area contributed by atoms with Gasteiger partial charge in [-0.1, -0.05) is 26.0 Å². The van der Waals surface area contributed by atoms with Gasteiger partial charge in [0, 0.05) is 11.9 Å². The summed E-state index contributed by atoms with van der Waals surface area (Å²) in [7, 11) is 0. The molecular formula is C15H18BrN3O. The summed E-state index contributed by atoms with van der Waals surface area (Å²) in [5.74, 6) is -0.0488. The zero-order chi connectivity index (χ0) is 14.5. The van der Waals surface area contributed by atoms with Crippen LogP contribution in [0.15, 0.2) is 41.1 Å². The Morgan fingerprint density at radius 2 is 2.05 bits per heavy atom. The highest BCUT2D eigenvalue weighted by Crippen LogP contribution is 2.18. The second-order valence-corrected chi connectivity index (χ2v) is 5.52. The Morgan fingerprint density at radius 1 is 1.35 bits per heavy atom. The van der Waals surface area contributed by atoms with E-state index in [4.69, 9.17) is 0 Å². The van der Waals surface area contributed by atoms with Crippen LogP contribution in [0.25, 0.3) is 0 Å². The van der Waals surface area contributed by atoms with E-state index < -0.39 is 0 Å². The normalized spacial score (nSPS) is 12.2. The van der Waals surface area contributed by atoms with Gasteiger partial charge in [0.25, 0.3) is 0 Å². The first-order chi connectivity index (χ1) is 9.63. The third-order valence-electron chi connectivity index (χ3n) is 3.21. The maximum Gasteiger partial charge on any atom is 0.249 e. The van der Waals surface area contributed by atoms with Crippen LogP contribution >= 0.6 is 15.9 Å². The van der Waals surface area contributed by atoms with Crippen molar-refractivity contribution in [2.75, 3.05) is 5.32 Å². The van der Waals surface area contributed by atoms with Crippen molar-refractivity contribution in [1.29, 1.82) is 0 Å². The van der Waals surface area contributed by atoms with Crippen molar-refractivity contribution in [2.45, 2.75) is 32.7 Å². The summed E-state index contributed by atoms with van der Waals surface area (Å²) in [5.41, 5.74) is 2.07. The fourth-order valence-electron chi connectivity index (χ4n) is 2.03. The summed E-state index contributed by atoms with van der Waals surface area (Å²) >= 11 is 3.35. The average molecular weight is 336 g/mol. The lowest BCUT2D eigenvalue weighted by Gasteiger charge is -2.15. The van der Waals surface area contributed by atoms with Crippen LogP contribution in [0.4, 0.5) is 5.69 Å². The van der Waals surface area contributed by atoms with Crippen LogP contribution in [0.2, 0.25) is 0 Å². The number of halogens is 1. The SMILES string of the molecule is CCc1ccc(NC(=O)C(CC)n2cc(Br)cn2)cc1. The molecule has 1 heterocycles. The highest BCUT2D eigenvalue weighted by molar-refractivity contribution is 9.10. The average Bonchev–Trinajstić information content (AvgIpc) is 2.87. The van der Waals surface area contributed by atoms with E-state index in [9.17, 15) is 4.79 Å². The number of amides is 1. The summed E-state index contributed by atoms with van der Waals surface area (Å²) in [6.45, 7) is 4.08. The molecule has 2 rings (SSSR count). The topological polar surface area (TPSA) is 46.9 Å². The number of hydrogen-bond acceptors (Lipinski definition) is 2. The Bertz CT molecular complexity index is 577. The van der Waals surface area contributed by atoms with E-state index in [1.54, 1.807) is 10.9 Å². The van der Waals surface area contributed by atoms with Gasteiger partial charge in [-0.25, -0.2) is 0 Å². The first-order valence-corrected chi connectivity index (χ1v) is 7.52. The largest absolute Gasteiger partial charge is 0.324 e. The second kappa shape index (κ2) is 6.70. The number of aryl methyl sites for hydroxylation is 1. The Morgan fingerprint density at radius 3 is 2.55 bits per heavy atom. The standard InChI is InChI=1S/C15H18BrN3O/c1-3-11-5-7-13(8-6-11)18-15(20)14(4-2)19-10-12(16)9-17-19/h5-10,14H,3-4H2,1-2H3,(H,18,20). The molecule has 0 fully saturated rings. The molecular weight excluding hydrogens is 318 g/mol. The van der Waals surface area contributed by atoms with Gasteiger partial charge in [-0.2, -0.15) is 5.10 Å². The molecule has 106 valence electrons. The first-order valence-electron chi connectivity index (χ1n) is 6.73. The van der Waals surface area contributed by atoms with E-state index in [2.05, 4.69) is 33.3 Å². The van der Waals surface area contributed by atoms with E-state index in [0.717, 1.165) is 16.6 Å². The second-order valence-electron chi connectivity index (χ2n) is 4.60. The van der Waals surface area contributed by atoms with Gasteiger partial charge in [-0.05, 0) is 46.5 Å². The third kappa shape index (κ3) is 3.48. The predicted molar refractivity (Wildman–Crippen MR) is 83.7 cm³/mol. The van der Waals surface area contributed by atoms with Crippen LogP contribution in [0, 0.1) is 0 Å². The summed E-state index contributed by atoms with van der Waals surface area (Å²) < 4.78 is 2.55. The Kier molecular flexibility index (Phi) is 4.95. The zero-order valence-corrected chi connectivity index (χ0v) is 13.2. The lowest BCUT2D eigenvalue weighted by Crippen LogP contribution is -2.25. The van der Waals surface area contributed by atoms with Crippen molar-refractivity contribution in [2.24, 2.45) is 0 Å². The molecule has 4 nitrogen and oxygen atoms in total. The van der Waals surface area contributed by atoms with Gasteiger partial charge in [0.15, 0.2) is 0 Å². The van der Waals surface area contributed by atoms with Crippen molar-refractivity contribution in [3.05, 3.63) is 46.7 Å². The van der Waals surface area contributed by atoms with E-state index in [1.165, 1.54) is 5.56 Å². The van der Waals surface area contributed by atoms with Gasteiger partial charge in [-0.15, -0.1) is 0 Å². The minimum absolute atomic E-state index is 0.0488. The van der Waals surface area contributed by atoms with Crippen LogP contribution < -0.4 is 5.32 Å². The molecule has 0 aliphatic rings. The van der Waals surface area contributed by atoms with Crippen molar-refractivity contribution < 1.29 is 4.79 Å². The van der Waals surface area contributed by atoms with E-state index >= 15 is 0 Å². The molecule has 0 saturated heterocycles. The number of hydrogen-bond donors (Lipinski definition) is 1. The number of carbonyl (C=O) groups is 1. The quantitative estimate of drug-likeness (QED) is 0.903. The minimum Gasteiger partial charge on any atom is -0.324 e. The fourth-order valence-corrected chi connectivity index (χ4v) is 2.33. The van der Waals surface area contributed by atoms with Crippen LogP contribution in [0.1, 0.15) is 31.9 Å². The van der Waals surface area contributed by atoms with Crippen molar-refractivity contribution in [3.63, 3.8) is 0 Å². The van der Waals surface area contributed by atoms with Crippen LogP contribution in [0.5, 0.6) is 0 Å². The molecule has 1 aromatic carbocycles. The fraction of sp³-hybridized carbons (Fsp3) is 0.333. The van der Waals surface area contributed by atoms with Gasteiger partial charge >= 0.3 is 0 Å². The maximum absolute atomic E-state index is 12.3. The van der Waals surface area contributed by atoms with Gasteiger partial charge < -0.3 is 5.32 Å². The monoisotopic (exact) mass is 335 g/mol. The van der Waals surface area contributed by atoms with Crippen molar-refractivity contribution >= 4 is 27.5 Å². The molecule has 20 heavy (non-hydrogen) atoms. The van der Waals surface area contributed by atoms with Crippen molar-refractivity contribution in [1.82, 2.24) is 9.78 Å². The zero-order valence-electron chi connectivity index (χ0n) is 11.6. The number of nitrogens with one attached hydrogen (secondary N) is 1. The number of rotatable bonds is 5. The molecule has 2 aromatic rings. The molecule has 1 unspecified atom stereocenters. The van der Waals surface area contributed by atoms with Gasteiger partial charge in [0.05, 0.1) is 10.7 Å². The summed E-state index contributed by atoms with van der Waals surface area (Å²) in [5, 5.41) is 7.12. The molecule has 1 N–H and O–H groups in total.